The van der Waals surface area contributed by atoms with Gasteiger partial charge in [-0.05, 0) is 28.5 Å². The number of nitrogens with zero attached hydrogens (tertiary/aromatic N) is 1. The van der Waals surface area contributed by atoms with Gasteiger partial charge in [0.25, 0.3) is 0 Å². The fraction of sp³-hybridized carbons (Fsp3) is 0.273. The van der Waals surface area contributed by atoms with Gasteiger partial charge in [-0.2, -0.15) is 11.3 Å². The average Bonchev–Trinajstić information content (AvgIpc) is 2.85. The van der Waals surface area contributed by atoms with Crippen molar-refractivity contribution >= 4 is 34.5 Å². The first-order valence-corrected chi connectivity index (χ1v) is 6.59. The Bertz CT molecular complexity index is 463. The molecular formula is C11H12Cl2N2S. The zero-order valence-electron chi connectivity index (χ0n) is 8.84. The molecule has 0 aromatic carbocycles. The minimum Gasteiger partial charge on any atom is -0.336 e. The normalized spacial score (nSPS) is 10.9. The van der Waals surface area contributed by atoms with Gasteiger partial charge in [0, 0.05) is 25.8 Å². The molecule has 0 saturated heterocycles. The quantitative estimate of drug-likeness (QED) is 0.900. The molecule has 0 saturated carbocycles. The third-order valence-corrected chi connectivity index (χ3v) is 4.01. The van der Waals surface area contributed by atoms with Gasteiger partial charge in [0.2, 0.25) is 0 Å². The summed E-state index contributed by atoms with van der Waals surface area (Å²) in [6.45, 7) is 1.63. The zero-order valence-corrected chi connectivity index (χ0v) is 11.2. The van der Waals surface area contributed by atoms with E-state index in [4.69, 9.17) is 23.2 Å². The topological polar surface area (TPSA) is 17.0 Å². The van der Waals surface area contributed by atoms with Crippen LogP contribution in [0.3, 0.4) is 0 Å². The van der Waals surface area contributed by atoms with Gasteiger partial charge in [0.1, 0.15) is 5.15 Å². The van der Waals surface area contributed by atoms with Gasteiger partial charge < -0.3 is 9.88 Å². The molecule has 2 heterocycles. The second-order valence-electron chi connectivity index (χ2n) is 3.57. The lowest BCUT2D eigenvalue weighted by molar-refractivity contribution is 0.656. The van der Waals surface area contributed by atoms with Crippen LogP contribution < -0.4 is 5.32 Å². The van der Waals surface area contributed by atoms with Crippen LogP contribution in [0.2, 0.25) is 10.2 Å². The number of hydrogen-bond donors (Lipinski definition) is 1. The van der Waals surface area contributed by atoms with Gasteiger partial charge >= 0.3 is 0 Å². The van der Waals surface area contributed by atoms with Crippen molar-refractivity contribution in [1.82, 2.24) is 9.88 Å². The van der Waals surface area contributed by atoms with Crippen LogP contribution in [-0.2, 0) is 20.1 Å². The Morgan fingerprint density at radius 3 is 2.75 bits per heavy atom. The lowest BCUT2D eigenvalue weighted by atomic mass is 10.3. The van der Waals surface area contributed by atoms with E-state index in [0.717, 1.165) is 18.8 Å². The van der Waals surface area contributed by atoms with E-state index < -0.39 is 0 Å². The molecule has 2 rings (SSSR count). The Morgan fingerprint density at radius 1 is 1.38 bits per heavy atom. The standard InChI is InChI=1S/C11H12Cl2N2S/c1-15-9(4-10(12)11(15)13)6-14-5-8-2-3-16-7-8/h2-4,7,14H,5-6H2,1H3. The highest BCUT2D eigenvalue weighted by Crippen LogP contribution is 2.24. The minimum absolute atomic E-state index is 0.592. The highest BCUT2D eigenvalue weighted by molar-refractivity contribution is 7.07. The second kappa shape index (κ2) is 5.23. The molecule has 0 amide bonds. The molecule has 0 aliphatic carbocycles. The van der Waals surface area contributed by atoms with Gasteiger partial charge in [-0.15, -0.1) is 0 Å². The number of aromatic nitrogens is 1. The fourth-order valence-corrected chi connectivity index (χ4v) is 2.57. The van der Waals surface area contributed by atoms with Crippen molar-refractivity contribution < 1.29 is 0 Å². The molecule has 16 heavy (non-hydrogen) atoms. The van der Waals surface area contributed by atoms with Crippen LogP contribution in [0.4, 0.5) is 0 Å². The van der Waals surface area contributed by atoms with Crippen molar-refractivity contribution in [1.29, 1.82) is 0 Å². The third-order valence-electron chi connectivity index (χ3n) is 2.43. The molecule has 0 aliphatic heterocycles. The molecule has 0 radical (unpaired) electrons. The van der Waals surface area contributed by atoms with Crippen LogP contribution in [0, 0.1) is 0 Å². The van der Waals surface area contributed by atoms with E-state index in [1.165, 1.54) is 5.56 Å². The highest BCUT2D eigenvalue weighted by atomic mass is 35.5. The molecule has 2 aromatic rings. The van der Waals surface area contributed by atoms with Crippen LogP contribution in [-0.4, -0.2) is 4.57 Å². The van der Waals surface area contributed by atoms with E-state index in [2.05, 4.69) is 22.1 Å². The van der Waals surface area contributed by atoms with Crippen LogP contribution in [0.25, 0.3) is 0 Å². The van der Waals surface area contributed by atoms with Crippen molar-refractivity contribution in [3.05, 3.63) is 44.3 Å². The van der Waals surface area contributed by atoms with Crippen LogP contribution in [0.5, 0.6) is 0 Å². The minimum atomic E-state index is 0.592. The molecule has 2 nitrogen and oxygen atoms in total. The molecule has 0 fully saturated rings. The first kappa shape index (κ1) is 12.0. The lowest BCUT2D eigenvalue weighted by Crippen LogP contribution is -2.14. The summed E-state index contributed by atoms with van der Waals surface area (Å²) in [4.78, 5) is 0. The Hall–Kier alpha value is -0.480. The van der Waals surface area contributed by atoms with Gasteiger partial charge in [-0.25, -0.2) is 0 Å². The summed E-state index contributed by atoms with van der Waals surface area (Å²) >= 11 is 13.6. The SMILES string of the molecule is Cn1c(CNCc2ccsc2)cc(Cl)c1Cl. The summed E-state index contributed by atoms with van der Waals surface area (Å²) in [6, 6.07) is 4.01. The van der Waals surface area contributed by atoms with Gasteiger partial charge in [-0.1, -0.05) is 23.2 Å². The van der Waals surface area contributed by atoms with Crippen molar-refractivity contribution in [2.45, 2.75) is 13.1 Å². The zero-order chi connectivity index (χ0) is 11.5. The molecule has 2 aromatic heterocycles. The maximum absolute atomic E-state index is 5.98. The Kier molecular flexibility index (Phi) is 3.92. The predicted octanol–water partition coefficient (Wildman–Crippen LogP) is 3.68. The van der Waals surface area contributed by atoms with E-state index in [-0.39, 0.29) is 0 Å². The Morgan fingerprint density at radius 2 is 2.19 bits per heavy atom. The van der Waals surface area contributed by atoms with E-state index >= 15 is 0 Å². The highest BCUT2D eigenvalue weighted by Gasteiger charge is 2.07. The monoisotopic (exact) mass is 274 g/mol. The first-order valence-electron chi connectivity index (χ1n) is 4.90. The number of halogens is 2. The smallest absolute Gasteiger partial charge is 0.127 e. The summed E-state index contributed by atoms with van der Waals surface area (Å²) < 4.78 is 1.89. The fourth-order valence-electron chi connectivity index (χ4n) is 1.49. The first-order chi connectivity index (χ1) is 7.68. The van der Waals surface area contributed by atoms with Crippen LogP contribution >= 0.6 is 34.5 Å². The van der Waals surface area contributed by atoms with E-state index in [0.29, 0.717) is 10.2 Å². The van der Waals surface area contributed by atoms with Crippen LogP contribution in [0.15, 0.2) is 22.9 Å². The molecule has 5 heteroatoms. The Balaban J connectivity index is 1.92. The Labute approximate surface area is 109 Å². The molecular weight excluding hydrogens is 263 g/mol. The molecule has 86 valence electrons. The molecule has 0 spiro atoms. The van der Waals surface area contributed by atoms with Crippen molar-refractivity contribution in [2.24, 2.45) is 7.05 Å². The van der Waals surface area contributed by atoms with Crippen molar-refractivity contribution in [3.8, 4) is 0 Å². The third kappa shape index (κ3) is 2.61. The second-order valence-corrected chi connectivity index (χ2v) is 5.11. The largest absolute Gasteiger partial charge is 0.336 e. The lowest BCUT2D eigenvalue weighted by Gasteiger charge is -2.05. The van der Waals surface area contributed by atoms with Gasteiger partial charge in [0.05, 0.1) is 5.02 Å². The van der Waals surface area contributed by atoms with Crippen molar-refractivity contribution in [3.63, 3.8) is 0 Å². The molecule has 0 atom stereocenters. The number of rotatable bonds is 4. The predicted molar refractivity (Wildman–Crippen MR) is 70.3 cm³/mol. The average molecular weight is 275 g/mol. The molecule has 0 bridgehead atoms. The van der Waals surface area contributed by atoms with Gasteiger partial charge in [0.15, 0.2) is 0 Å². The van der Waals surface area contributed by atoms with E-state index in [1.54, 1.807) is 11.3 Å². The summed E-state index contributed by atoms with van der Waals surface area (Å²) in [5.41, 5.74) is 2.39. The summed E-state index contributed by atoms with van der Waals surface area (Å²) in [5.74, 6) is 0. The van der Waals surface area contributed by atoms with Gasteiger partial charge in [-0.3, -0.25) is 0 Å². The molecule has 0 unspecified atom stereocenters. The maximum Gasteiger partial charge on any atom is 0.127 e. The molecule has 0 aliphatic rings. The summed E-state index contributed by atoms with van der Waals surface area (Å²) in [5, 5.41) is 8.77. The number of thiophene rings is 1. The van der Waals surface area contributed by atoms with Crippen LogP contribution in [0.1, 0.15) is 11.3 Å². The summed E-state index contributed by atoms with van der Waals surface area (Å²) in [7, 11) is 1.91. The van der Waals surface area contributed by atoms with E-state index in [9.17, 15) is 0 Å². The number of nitrogens with one attached hydrogen (secondary N) is 1. The maximum atomic E-state index is 5.98. The van der Waals surface area contributed by atoms with E-state index in [1.807, 2.05) is 17.7 Å². The number of hydrogen-bond acceptors (Lipinski definition) is 2. The molecule has 1 N–H and O–H groups in total. The van der Waals surface area contributed by atoms with Crippen molar-refractivity contribution in [2.75, 3.05) is 0 Å². The summed E-state index contributed by atoms with van der Waals surface area (Å²) in [6.07, 6.45) is 0.